The number of carboxylic acid groups (broad SMARTS) is 1. The Morgan fingerprint density at radius 1 is 1.54 bits per heavy atom. The van der Waals surface area contributed by atoms with E-state index in [4.69, 9.17) is 9.52 Å². The molecular formula is C20H28O4. The summed E-state index contributed by atoms with van der Waals surface area (Å²) in [6.45, 7) is 12.5. The van der Waals surface area contributed by atoms with Gasteiger partial charge in [-0.05, 0) is 55.9 Å². The van der Waals surface area contributed by atoms with Gasteiger partial charge in [-0.1, -0.05) is 31.2 Å². The van der Waals surface area contributed by atoms with Crippen LogP contribution in [0.4, 0.5) is 0 Å². The average Bonchev–Trinajstić information content (AvgIpc) is 3.03. The molecule has 4 unspecified atom stereocenters. The molecular weight excluding hydrogens is 304 g/mol. The van der Waals surface area contributed by atoms with Crippen LogP contribution in [-0.4, -0.2) is 16.2 Å². The molecule has 2 rings (SSSR count). The standard InChI is InChI=1S/C20H28O4/c1-13(2)16-6-5-14(3)17(20(16,4)9-7-19(22)23)11-18(21)15-8-10-24-12-15/h8,10,12,16-18,21H,1,3,5-7,9,11H2,2,4H3,(H,22,23). The lowest BCUT2D eigenvalue weighted by atomic mass is 9.55. The SMILES string of the molecule is C=C(C)C1CCC(=C)C(CC(O)c2ccoc2)C1(C)CCC(=O)O. The van der Waals surface area contributed by atoms with Crippen molar-refractivity contribution in [3.63, 3.8) is 0 Å². The van der Waals surface area contributed by atoms with Crippen molar-refractivity contribution in [2.45, 2.75) is 52.1 Å². The summed E-state index contributed by atoms with van der Waals surface area (Å²) in [5.41, 5.74) is 2.67. The summed E-state index contributed by atoms with van der Waals surface area (Å²) in [5.74, 6) is -0.497. The molecule has 1 aliphatic rings. The van der Waals surface area contributed by atoms with Gasteiger partial charge in [0.05, 0.1) is 18.6 Å². The van der Waals surface area contributed by atoms with E-state index in [0.29, 0.717) is 12.8 Å². The Morgan fingerprint density at radius 2 is 2.25 bits per heavy atom. The molecule has 0 radical (unpaired) electrons. The summed E-state index contributed by atoms with van der Waals surface area (Å²) < 4.78 is 5.07. The molecule has 1 fully saturated rings. The number of rotatable bonds is 7. The molecule has 24 heavy (non-hydrogen) atoms. The van der Waals surface area contributed by atoms with E-state index < -0.39 is 12.1 Å². The van der Waals surface area contributed by atoms with Crippen LogP contribution in [0.5, 0.6) is 0 Å². The summed E-state index contributed by atoms with van der Waals surface area (Å²) in [7, 11) is 0. The van der Waals surface area contributed by atoms with Crippen molar-refractivity contribution >= 4 is 5.97 Å². The van der Waals surface area contributed by atoms with E-state index in [0.717, 1.165) is 29.6 Å². The minimum absolute atomic E-state index is 0.0530. The van der Waals surface area contributed by atoms with E-state index in [1.807, 2.05) is 6.92 Å². The molecule has 2 N–H and O–H groups in total. The van der Waals surface area contributed by atoms with Crippen molar-refractivity contribution in [2.24, 2.45) is 17.3 Å². The van der Waals surface area contributed by atoms with Crippen LogP contribution in [0.1, 0.15) is 57.6 Å². The van der Waals surface area contributed by atoms with Crippen molar-refractivity contribution in [1.82, 2.24) is 0 Å². The lowest BCUT2D eigenvalue weighted by molar-refractivity contribution is -0.138. The summed E-state index contributed by atoms with van der Waals surface area (Å²) in [6, 6.07) is 1.76. The third-order valence-electron chi connectivity index (χ3n) is 5.70. The summed E-state index contributed by atoms with van der Waals surface area (Å²) in [6.07, 6.45) is 5.51. The first kappa shape index (κ1) is 18.5. The zero-order chi connectivity index (χ0) is 17.9. The highest BCUT2D eigenvalue weighted by molar-refractivity contribution is 5.66. The first-order valence-electron chi connectivity index (χ1n) is 8.50. The number of furan rings is 1. The first-order chi connectivity index (χ1) is 11.3. The van der Waals surface area contributed by atoms with Crippen LogP contribution in [0.25, 0.3) is 0 Å². The third-order valence-corrected chi connectivity index (χ3v) is 5.70. The normalized spacial score (nSPS) is 28.5. The van der Waals surface area contributed by atoms with Gasteiger partial charge in [-0.25, -0.2) is 0 Å². The Balaban J connectivity index is 2.29. The van der Waals surface area contributed by atoms with Gasteiger partial charge in [0.1, 0.15) is 0 Å². The Kier molecular flexibility index (Phi) is 5.70. The predicted molar refractivity (Wildman–Crippen MR) is 93.4 cm³/mol. The summed E-state index contributed by atoms with van der Waals surface area (Å²) in [4.78, 5) is 11.2. The molecule has 4 nitrogen and oxygen atoms in total. The second kappa shape index (κ2) is 7.39. The predicted octanol–water partition coefficient (Wildman–Crippen LogP) is 4.73. The number of aliphatic hydroxyl groups is 1. The minimum Gasteiger partial charge on any atom is -0.481 e. The molecule has 0 amide bonds. The highest BCUT2D eigenvalue weighted by Gasteiger charge is 2.46. The van der Waals surface area contributed by atoms with Gasteiger partial charge in [0.15, 0.2) is 0 Å². The highest BCUT2D eigenvalue weighted by Crippen LogP contribution is 2.55. The van der Waals surface area contributed by atoms with Crippen LogP contribution < -0.4 is 0 Å². The number of hydrogen-bond acceptors (Lipinski definition) is 3. The quantitative estimate of drug-likeness (QED) is 0.708. The number of aliphatic hydroxyl groups excluding tert-OH is 1. The fourth-order valence-corrected chi connectivity index (χ4v) is 4.34. The van der Waals surface area contributed by atoms with Gasteiger partial charge in [0.25, 0.3) is 0 Å². The Morgan fingerprint density at radius 3 is 2.79 bits per heavy atom. The lowest BCUT2D eigenvalue weighted by Crippen LogP contribution is -2.41. The molecule has 1 aromatic heterocycles. The first-order valence-corrected chi connectivity index (χ1v) is 8.50. The van der Waals surface area contributed by atoms with Crippen LogP contribution in [0.2, 0.25) is 0 Å². The molecule has 0 aliphatic heterocycles. The summed E-state index contributed by atoms with van der Waals surface area (Å²) in [5, 5.41) is 19.7. The Labute approximate surface area is 143 Å². The van der Waals surface area contributed by atoms with Crippen molar-refractivity contribution in [2.75, 3.05) is 0 Å². The number of carboxylic acids is 1. The molecule has 0 saturated heterocycles. The fraction of sp³-hybridized carbons (Fsp3) is 0.550. The van der Waals surface area contributed by atoms with E-state index in [1.165, 1.54) is 0 Å². The number of carbonyl (C=O) groups is 1. The van der Waals surface area contributed by atoms with Crippen molar-refractivity contribution in [1.29, 1.82) is 0 Å². The van der Waals surface area contributed by atoms with E-state index in [-0.39, 0.29) is 23.7 Å². The number of hydrogen-bond donors (Lipinski definition) is 2. The van der Waals surface area contributed by atoms with Crippen LogP contribution >= 0.6 is 0 Å². The molecule has 1 saturated carbocycles. The maximum Gasteiger partial charge on any atom is 0.303 e. The largest absolute Gasteiger partial charge is 0.481 e. The van der Waals surface area contributed by atoms with E-state index in [2.05, 4.69) is 20.1 Å². The maximum absolute atomic E-state index is 11.2. The molecule has 1 heterocycles. The van der Waals surface area contributed by atoms with E-state index in [9.17, 15) is 9.90 Å². The molecule has 4 heteroatoms. The molecule has 1 aliphatic carbocycles. The van der Waals surface area contributed by atoms with Gasteiger partial charge in [-0.3, -0.25) is 4.79 Å². The second-order valence-corrected chi connectivity index (χ2v) is 7.36. The highest BCUT2D eigenvalue weighted by atomic mass is 16.4. The molecule has 0 bridgehead atoms. The van der Waals surface area contributed by atoms with Crippen LogP contribution in [0, 0.1) is 17.3 Å². The van der Waals surface area contributed by atoms with E-state index >= 15 is 0 Å². The third kappa shape index (κ3) is 3.81. The molecule has 132 valence electrons. The van der Waals surface area contributed by atoms with Crippen molar-refractivity contribution in [3.05, 3.63) is 48.5 Å². The average molecular weight is 332 g/mol. The van der Waals surface area contributed by atoms with Gasteiger partial charge >= 0.3 is 5.97 Å². The molecule has 0 spiro atoms. The smallest absolute Gasteiger partial charge is 0.303 e. The molecule has 1 aromatic rings. The van der Waals surface area contributed by atoms with Crippen molar-refractivity contribution < 1.29 is 19.4 Å². The monoisotopic (exact) mass is 332 g/mol. The fourth-order valence-electron chi connectivity index (χ4n) is 4.34. The zero-order valence-corrected chi connectivity index (χ0v) is 14.6. The van der Waals surface area contributed by atoms with Crippen LogP contribution in [0.15, 0.2) is 47.3 Å². The topological polar surface area (TPSA) is 70.7 Å². The second-order valence-electron chi connectivity index (χ2n) is 7.36. The Hall–Kier alpha value is -1.81. The summed E-state index contributed by atoms with van der Waals surface area (Å²) >= 11 is 0. The Bertz CT molecular complexity index is 601. The minimum atomic E-state index is -0.790. The van der Waals surface area contributed by atoms with Gasteiger partial charge in [-0.2, -0.15) is 0 Å². The molecule has 4 atom stereocenters. The molecule has 0 aromatic carbocycles. The zero-order valence-electron chi connectivity index (χ0n) is 14.6. The van der Waals surface area contributed by atoms with Gasteiger partial charge in [0.2, 0.25) is 0 Å². The van der Waals surface area contributed by atoms with Crippen LogP contribution in [0.3, 0.4) is 0 Å². The van der Waals surface area contributed by atoms with Gasteiger partial charge in [0, 0.05) is 12.0 Å². The van der Waals surface area contributed by atoms with Crippen molar-refractivity contribution in [3.8, 4) is 0 Å². The maximum atomic E-state index is 11.2. The lowest BCUT2D eigenvalue weighted by Gasteiger charge is -2.50. The van der Waals surface area contributed by atoms with Gasteiger partial charge in [-0.15, -0.1) is 0 Å². The van der Waals surface area contributed by atoms with E-state index in [1.54, 1.807) is 18.6 Å². The number of aliphatic carboxylic acids is 1. The number of allylic oxidation sites excluding steroid dienone is 2. The van der Waals surface area contributed by atoms with Crippen LogP contribution in [-0.2, 0) is 4.79 Å². The van der Waals surface area contributed by atoms with Gasteiger partial charge < -0.3 is 14.6 Å².